The van der Waals surface area contributed by atoms with Gasteiger partial charge in [0.05, 0.1) is 11.6 Å². The third kappa shape index (κ3) is 3.08. The average molecular weight is 243 g/mol. The summed E-state index contributed by atoms with van der Waals surface area (Å²) in [5.74, 6) is 0.572. The number of nitrogens with zero attached hydrogens (tertiary/aromatic N) is 2. The van der Waals surface area contributed by atoms with Crippen molar-refractivity contribution in [1.82, 2.24) is 9.78 Å². The number of aryl methyl sites for hydroxylation is 1. The van der Waals surface area contributed by atoms with Crippen LogP contribution in [-0.4, -0.2) is 9.78 Å². The molecular formula is C12H19ClN2O. The Hall–Kier alpha value is -0.830. The van der Waals surface area contributed by atoms with Crippen molar-refractivity contribution >= 4 is 11.6 Å². The summed E-state index contributed by atoms with van der Waals surface area (Å²) in [7, 11) is 0. The van der Waals surface area contributed by atoms with E-state index in [0.29, 0.717) is 18.0 Å². The van der Waals surface area contributed by atoms with Crippen LogP contribution in [0.4, 0.5) is 0 Å². The molecule has 0 atom stereocenters. The van der Waals surface area contributed by atoms with Crippen LogP contribution in [-0.2, 0) is 12.4 Å². The molecule has 0 aliphatic heterocycles. The highest BCUT2D eigenvalue weighted by Gasteiger charge is 2.09. The predicted molar refractivity (Wildman–Crippen MR) is 67.1 cm³/mol. The second-order valence-electron chi connectivity index (χ2n) is 4.26. The highest BCUT2D eigenvalue weighted by Crippen LogP contribution is 2.11. The standard InChI is InChI=1S/C12H19ClN2O/c1-4-5-6-15-12(16)10(8-13)7-11(14-15)9(2)3/h7,9H,4-6,8H2,1-3H3. The van der Waals surface area contributed by atoms with E-state index in [2.05, 4.69) is 25.9 Å². The Balaban J connectivity index is 3.14. The summed E-state index contributed by atoms with van der Waals surface area (Å²) in [6, 6.07) is 1.82. The maximum Gasteiger partial charge on any atom is 0.271 e. The largest absolute Gasteiger partial charge is 0.271 e. The van der Waals surface area contributed by atoms with E-state index in [-0.39, 0.29) is 11.4 Å². The first-order valence-electron chi connectivity index (χ1n) is 5.77. The summed E-state index contributed by atoms with van der Waals surface area (Å²) < 4.78 is 1.55. The zero-order chi connectivity index (χ0) is 12.1. The predicted octanol–water partition coefficient (Wildman–Crippen LogP) is 2.91. The Morgan fingerprint density at radius 3 is 2.69 bits per heavy atom. The maximum atomic E-state index is 11.9. The minimum Gasteiger partial charge on any atom is -0.267 e. The number of unbranched alkanes of at least 4 members (excludes halogenated alkanes) is 1. The van der Waals surface area contributed by atoms with E-state index >= 15 is 0 Å². The molecule has 0 saturated heterocycles. The number of rotatable bonds is 5. The first kappa shape index (κ1) is 13.2. The molecule has 1 aromatic rings. The van der Waals surface area contributed by atoms with E-state index in [9.17, 15) is 4.79 Å². The number of alkyl halides is 1. The van der Waals surface area contributed by atoms with E-state index in [1.807, 2.05) is 6.07 Å². The number of hydrogen-bond acceptors (Lipinski definition) is 2. The van der Waals surface area contributed by atoms with Crippen LogP contribution < -0.4 is 5.56 Å². The fourth-order valence-corrected chi connectivity index (χ4v) is 1.65. The molecule has 0 N–H and O–H groups in total. The van der Waals surface area contributed by atoms with Crippen molar-refractivity contribution in [3.63, 3.8) is 0 Å². The second kappa shape index (κ2) is 6.04. The van der Waals surface area contributed by atoms with Crippen LogP contribution in [0.25, 0.3) is 0 Å². The summed E-state index contributed by atoms with van der Waals surface area (Å²) in [6.07, 6.45) is 2.02. The summed E-state index contributed by atoms with van der Waals surface area (Å²) in [5.41, 5.74) is 1.54. The third-order valence-electron chi connectivity index (χ3n) is 2.53. The van der Waals surface area contributed by atoms with Crippen LogP contribution in [0.15, 0.2) is 10.9 Å². The highest BCUT2D eigenvalue weighted by molar-refractivity contribution is 6.17. The van der Waals surface area contributed by atoms with Crippen molar-refractivity contribution in [1.29, 1.82) is 0 Å². The first-order valence-corrected chi connectivity index (χ1v) is 6.30. The van der Waals surface area contributed by atoms with E-state index in [1.54, 1.807) is 4.68 Å². The van der Waals surface area contributed by atoms with Crippen molar-refractivity contribution < 1.29 is 0 Å². The third-order valence-corrected chi connectivity index (χ3v) is 2.81. The highest BCUT2D eigenvalue weighted by atomic mass is 35.5. The van der Waals surface area contributed by atoms with E-state index in [4.69, 9.17) is 11.6 Å². The van der Waals surface area contributed by atoms with E-state index < -0.39 is 0 Å². The lowest BCUT2D eigenvalue weighted by atomic mass is 10.1. The van der Waals surface area contributed by atoms with E-state index in [1.165, 1.54) is 0 Å². The fourth-order valence-electron chi connectivity index (χ4n) is 1.46. The molecule has 16 heavy (non-hydrogen) atoms. The van der Waals surface area contributed by atoms with Crippen LogP contribution in [0.3, 0.4) is 0 Å². The van der Waals surface area contributed by atoms with Gasteiger partial charge in [-0.05, 0) is 18.4 Å². The zero-order valence-corrected chi connectivity index (χ0v) is 10.9. The van der Waals surface area contributed by atoms with Gasteiger partial charge >= 0.3 is 0 Å². The van der Waals surface area contributed by atoms with Gasteiger partial charge in [-0.3, -0.25) is 4.79 Å². The van der Waals surface area contributed by atoms with Crippen molar-refractivity contribution in [2.45, 2.75) is 52.0 Å². The molecule has 4 heteroatoms. The van der Waals surface area contributed by atoms with Gasteiger partial charge in [-0.2, -0.15) is 5.10 Å². The molecule has 90 valence electrons. The lowest BCUT2D eigenvalue weighted by Gasteiger charge is -2.11. The van der Waals surface area contributed by atoms with Gasteiger partial charge in [0.1, 0.15) is 0 Å². The molecule has 0 amide bonds. The molecule has 0 spiro atoms. The molecule has 0 bridgehead atoms. The Labute approximate surface area is 101 Å². The summed E-state index contributed by atoms with van der Waals surface area (Å²) in [6.45, 7) is 6.91. The van der Waals surface area contributed by atoms with Gasteiger partial charge < -0.3 is 0 Å². The number of aromatic nitrogens is 2. The van der Waals surface area contributed by atoms with Gasteiger partial charge in [-0.1, -0.05) is 27.2 Å². The van der Waals surface area contributed by atoms with Crippen LogP contribution in [0.1, 0.15) is 50.8 Å². The maximum absolute atomic E-state index is 11.9. The molecular weight excluding hydrogens is 224 g/mol. The molecule has 3 nitrogen and oxygen atoms in total. The normalized spacial score (nSPS) is 11.1. The Morgan fingerprint density at radius 2 is 2.19 bits per heavy atom. The van der Waals surface area contributed by atoms with Gasteiger partial charge in [-0.25, -0.2) is 4.68 Å². The van der Waals surface area contributed by atoms with Gasteiger partial charge in [0.25, 0.3) is 5.56 Å². The molecule has 1 heterocycles. The molecule has 1 aromatic heterocycles. The topological polar surface area (TPSA) is 34.9 Å². The van der Waals surface area contributed by atoms with Gasteiger partial charge in [-0.15, -0.1) is 11.6 Å². The molecule has 0 unspecified atom stereocenters. The van der Waals surface area contributed by atoms with Crippen LogP contribution in [0.5, 0.6) is 0 Å². The van der Waals surface area contributed by atoms with Gasteiger partial charge in [0.2, 0.25) is 0 Å². The fraction of sp³-hybridized carbons (Fsp3) is 0.667. The van der Waals surface area contributed by atoms with E-state index in [0.717, 1.165) is 18.5 Å². The monoisotopic (exact) mass is 242 g/mol. The quantitative estimate of drug-likeness (QED) is 0.745. The molecule has 0 fully saturated rings. The van der Waals surface area contributed by atoms with Crippen molar-refractivity contribution in [2.75, 3.05) is 0 Å². The Kier molecular flexibility index (Phi) is 5.00. The minimum absolute atomic E-state index is 0.0483. The Bertz CT molecular complexity index is 398. The van der Waals surface area contributed by atoms with Crippen molar-refractivity contribution in [3.05, 3.63) is 27.7 Å². The molecule has 0 aliphatic carbocycles. The SMILES string of the molecule is CCCCn1nc(C(C)C)cc(CCl)c1=O. The minimum atomic E-state index is -0.0483. The van der Waals surface area contributed by atoms with Crippen molar-refractivity contribution in [2.24, 2.45) is 0 Å². The summed E-state index contributed by atoms with van der Waals surface area (Å²) in [4.78, 5) is 11.9. The van der Waals surface area contributed by atoms with Gasteiger partial charge in [0.15, 0.2) is 0 Å². The van der Waals surface area contributed by atoms with Crippen molar-refractivity contribution in [3.8, 4) is 0 Å². The average Bonchev–Trinajstić information content (AvgIpc) is 2.27. The lowest BCUT2D eigenvalue weighted by Crippen LogP contribution is -2.27. The van der Waals surface area contributed by atoms with Gasteiger partial charge in [0, 0.05) is 12.1 Å². The number of hydrogen-bond donors (Lipinski definition) is 0. The molecule has 0 aromatic carbocycles. The first-order chi connectivity index (χ1) is 7.60. The van der Waals surface area contributed by atoms with Crippen LogP contribution >= 0.6 is 11.6 Å². The smallest absolute Gasteiger partial charge is 0.267 e. The molecule has 0 aliphatic rings. The summed E-state index contributed by atoms with van der Waals surface area (Å²) in [5, 5.41) is 4.36. The zero-order valence-electron chi connectivity index (χ0n) is 10.2. The number of halogens is 1. The molecule has 1 rings (SSSR count). The summed E-state index contributed by atoms with van der Waals surface area (Å²) >= 11 is 5.77. The van der Waals surface area contributed by atoms with Crippen LogP contribution in [0.2, 0.25) is 0 Å². The molecule has 0 saturated carbocycles. The Morgan fingerprint density at radius 1 is 1.50 bits per heavy atom. The second-order valence-corrected chi connectivity index (χ2v) is 4.53. The molecule has 0 radical (unpaired) electrons. The van der Waals surface area contributed by atoms with Crippen LogP contribution in [0, 0.1) is 0 Å². The lowest BCUT2D eigenvalue weighted by molar-refractivity contribution is 0.523.